The third kappa shape index (κ3) is 4.94. The van der Waals surface area contributed by atoms with Crippen LogP contribution in [0.3, 0.4) is 0 Å². The number of benzene rings is 1. The van der Waals surface area contributed by atoms with Gasteiger partial charge in [-0.1, -0.05) is 12.1 Å². The molecule has 0 bridgehead atoms. The Hall–Kier alpha value is -2.58. The second-order valence-electron chi connectivity index (χ2n) is 5.61. The van der Waals surface area contributed by atoms with Crippen LogP contribution in [0.25, 0.3) is 0 Å². The molecule has 0 saturated carbocycles. The van der Waals surface area contributed by atoms with Gasteiger partial charge in [-0.15, -0.1) is 0 Å². The van der Waals surface area contributed by atoms with Gasteiger partial charge in [0.05, 0.1) is 24.5 Å². The van der Waals surface area contributed by atoms with Crippen LogP contribution in [0.2, 0.25) is 0 Å². The van der Waals surface area contributed by atoms with Gasteiger partial charge >= 0.3 is 0 Å². The van der Waals surface area contributed by atoms with E-state index in [-0.39, 0.29) is 11.3 Å². The third-order valence-electron chi connectivity index (χ3n) is 3.85. The van der Waals surface area contributed by atoms with E-state index in [1.165, 1.54) is 24.5 Å². The monoisotopic (exact) mass is 345 g/mol. The van der Waals surface area contributed by atoms with Crippen molar-refractivity contribution in [1.29, 1.82) is 0 Å². The summed E-state index contributed by atoms with van der Waals surface area (Å²) in [6.07, 6.45) is 2.83. The van der Waals surface area contributed by atoms with Crippen molar-refractivity contribution in [3.05, 3.63) is 48.0 Å². The fourth-order valence-electron chi connectivity index (χ4n) is 2.44. The lowest BCUT2D eigenvalue weighted by Crippen LogP contribution is -2.39. The summed E-state index contributed by atoms with van der Waals surface area (Å²) in [4.78, 5) is 22.7. The molecule has 1 aliphatic rings. The van der Waals surface area contributed by atoms with Crippen LogP contribution < -0.4 is 10.6 Å². The second-order valence-corrected chi connectivity index (χ2v) is 5.61. The Bertz CT molecular complexity index is 704. The van der Waals surface area contributed by atoms with Crippen LogP contribution in [-0.4, -0.2) is 60.2 Å². The molecule has 0 atom stereocenters. The van der Waals surface area contributed by atoms with Gasteiger partial charge in [0.25, 0.3) is 5.91 Å². The second kappa shape index (κ2) is 8.50. The van der Waals surface area contributed by atoms with Crippen molar-refractivity contribution in [3.8, 4) is 0 Å². The van der Waals surface area contributed by atoms with Crippen LogP contribution in [0.4, 0.5) is 16.0 Å². The maximum atomic E-state index is 13.6. The van der Waals surface area contributed by atoms with E-state index in [1.54, 1.807) is 12.1 Å². The van der Waals surface area contributed by atoms with Gasteiger partial charge in [0.2, 0.25) is 5.95 Å². The number of morpholine rings is 1. The summed E-state index contributed by atoms with van der Waals surface area (Å²) in [6, 6.07) is 5.99. The quantitative estimate of drug-likeness (QED) is 0.828. The summed E-state index contributed by atoms with van der Waals surface area (Å²) in [7, 11) is 0. The molecule has 1 aliphatic heterocycles. The molecule has 0 spiro atoms. The first kappa shape index (κ1) is 17.2. The number of carbonyl (C=O) groups is 1. The Morgan fingerprint density at radius 3 is 2.64 bits per heavy atom. The Balaban J connectivity index is 1.49. The molecule has 1 fully saturated rings. The van der Waals surface area contributed by atoms with Gasteiger partial charge in [0.1, 0.15) is 5.82 Å². The average Bonchev–Trinajstić information content (AvgIpc) is 2.65. The molecule has 1 amide bonds. The fourth-order valence-corrected chi connectivity index (χ4v) is 2.44. The van der Waals surface area contributed by atoms with Crippen molar-refractivity contribution in [2.24, 2.45) is 0 Å². The highest BCUT2D eigenvalue weighted by atomic mass is 19.1. The van der Waals surface area contributed by atoms with E-state index in [9.17, 15) is 9.18 Å². The smallest absolute Gasteiger partial charge is 0.258 e. The first-order valence-electron chi connectivity index (χ1n) is 8.14. The highest BCUT2D eigenvalue weighted by molar-refractivity contribution is 6.03. The Kier molecular flexibility index (Phi) is 5.86. The molecule has 3 rings (SSSR count). The molecule has 1 saturated heterocycles. The first-order valence-corrected chi connectivity index (χ1v) is 8.14. The largest absolute Gasteiger partial charge is 0.379 e. The van der Waals surface area contributed by atoms with Crippen LogP contribution in [0.15, 0.2) is 36.7 Å². The van der Waals surface area contributed by atoms with E-state index in [0.717, 1.165) is 32.8 Å². The summed E-state index contributed by atoms with van der Waals surface area (Å²) in [5.74, 6) is -0.487. The molecule has 7 nitrogen and oxygen atoms in total. The van der Waals surface area contributed by atoms with Gasteiger partial charge in [-0.05, 0) is 12.1 Å². The number of nitrogens with zero attached hydrogens (tertiary/aromatic N) is 3. The summed E-state index contributed by atoms with van der Waals surface area (Å²) < 4.78 is 18.9. The van der Waals surface area contributed by atoms with Crippen LogP contribution >= 0.6 is 0 Å². The summed E-state index contributed by atoms with van der Waals surface area (Å²) in [5, 5.41) is 5.62. The van der Waals surface area contributed by atoms with Gasteiger partial charge in [0, 0.05) is 38.6 Å². The minimum atomic E-state index is -0.488. The van der Waals surface area contributed by atoms with Crippen molar-refractivity contribution >= 4 is 17.5 Å². The normalized spacial score (nSPS) is 14.9. The van der Waals surface area contributed by atoms with E-state index in [0.29, 0.717) is 12.5 Å². The summed E-state index contributed by atoms with van der Waals surface area (Å²) >= 11 is 0. The topological polar surface area (TPSA) is 79.4 Å². The number of nitrogens with one attached hydrogen (secondary N) is 2. The lowest BCUT2D eigenvalue weighted by Gasteiger charge is -2.26. The number of aromatic nitrogens is 2. The molecular formula is C17H20FN5O2. The van der Waals surface area contributed by atoms with Crippen molar-refractivity contribution < 1.29 is 13.9 Å². The van der Waals surface area contributed by atoms with E-state index >= 15 is 0 Å². The molecule has 25 heavy (non-hydrogen) atoms. The van der Waals surface area contributed by atoms with Crippen LogP contribution in [0.5, 0.6) is 0 Å². The molecule has 1 aromatic heterocycles. The maximum Gasteiger partial charge on any atom is 0.258 e. The number of para-hydroxylation sites is 1. The van der Waals surface area contributed by atoms with E-state index in [2.05, 4.69) is 25.5 Å². The first-order chi connectivity index (χ1) is 12.2. The Morgan fingerprint density at radius 2 is 1.92 bits per heavy atom. The average molecular weight is 345 g/mol. The van der Waals surface area contributed by atoms with E-state index in [1.807, 2.05) is 0 Å². The standard InChI is InChI=1S/C17H20FN5O2/c18-14-3-1-2-4-15(14)22-16(24)13-11-20-17(21-12-13)19-5-6-23-7-9-25-10-8-23/h1-4,11-12H,5-10H2,(H,22,24)(H,19,20,21). The van der Waals surface area contributed by atoms with Crippen LogP contribution in [0, 0.1) is 5.82 Å². The number of halogens is 1. The zero-order chi connectivity index (χ0) is 17.5. The number of hydrogen-bond acceptors (Lipinski definition) is 6. The summed E-state index contributed by atoms with van der Waals surface area (Å²) in [5.41, 5.74) is 0.391. The van der Waals surface area contributed by atoms with Gasteiger partial charge in [-0.25, -0.2) is 14.4 Å². The fraction of sp³-hybridized carbons (Fsp3) is 0.353. The van der Waals surface area contributed by atoms with Crippen molar-refractivity contribution in [1.82, 2.24) is 14.9 Å². The lowest BCUT2D eigenvalue weighted by molar-refractivity contribution is 0.0398. The predicted octanol–water partition coefficient (Wildman–Crippen LogP) is 1.61. The highest BCUT2D eigenvalue weighted by Gasteiger charge is 2.11. The molecule has 8 heteroatoms. The molecule has 0 radical (unpaired) electrons. The Morgan fingerprint density at radius 1 is 1.20 bits per heavy atom. The van der Waals surface area contributed by atoms with Gasteiger partial charge in [-0.2, -0.15) is 0 Å². The van der Waals surface area contributed by atoms with Gasteiger partial charge < -0.3 is 15.4 Å². The van der Waals surface area contributed by atoms with Crippen LogP contribution in [0.1, 0.15) is 10.4 Å². The van der Waals surface area contributed by atoms with Crippen molar-refractivity contribution in [3.63, 3.8) is 0 Å². The molecule has 132 valence electrons. The number of carbonyl (C=O) groups excluding carboxylic acids is 1. The number of amides is 1. The number of rotatable bonds is 6. The van der Waals surface area contributed by atoms with E-state index in [4.69, 9.17) is 4.74 Å². The Labute approximate surface area is 145 Å². The highest BCUT2D eigenvalue weighted by Crippen LogP contribution is 2.13. The van der Waals surface area contributed by atoms with Gasteiger partial charge in [0.15, 0.2) is 0 Å². The molecular weight excluding hydrogens is 325 g/mol. The molecule has 2 heterocycles. The zero-order valence-corrected chi connectivity index (χ0v) is 13.7. The molecule has 1 aromatic carbocycles. The zero-order valence-electron chi connectivity index (χ0n) is 13.7. The molecule has 0 aliphatic carbocycles. The molecule has 0 unspecified atom stereocenters. The molecule has 2 N–H and O–H groups in total. The van der Waals surface area contributed by atoms with Crippen molar-refractivity contribution in [2.45, 2.75) is 0 Å². The number of anilines is 2. The minimum absolute atomic E-state index is 0.125. The number of ether oxygens (including phenoxy) is 1. The third-order valence-corrected chi connectivity index (χ3v) is 3.85. The minimum Gasteiger partial charge on any atom is -0.379 e. The van der Waals surface area contributed by atoms with Crippen LogP contribution in [-0.2, 0) is 4.74 Å². The molecule has 2 aromatic rings. The van der Waals surface area contributed by atoms with Gasteiger partial charge in [-0.3, -0.25) is 9.69 Å². The van der Waals surface area contributed by atoms with Crippen molar-refractivity contribution in [2.75, 3.05) is 50.0 Å². The predicted molar refractivity (Wildman–Crippen MR) is 92.1 cm³/mol. The summed E-state index contributed by atoms with van der Waals surface area (Å²) in [6.45, 7) is 4.98. The number of hydrogen-bond donors (Lipinski definition) is 2. The van der Waals surface area contributed by atoms with E-state index < -0.39 is 11.7 Å². The SMILES string of the molecule is O=C(Nc1ccccc1F)c1cnc(NCCN2CCOCC2)nc1. The lowest BCUT2D eigenvalue weighted by atomic mass is 10.2. The maximum absolute atomic E-state index is 13.6.